The van der Waals surface area contributed by atoms with E-state index in [1.807, 2.05) is 18.7 Å². The quantitative estimate of drug-likeness (QED) is 0.690. The number of esters is 1. The molecule has 1 fully saturated rings. The Balaban J connectivity index is 2.41. The van der Waals surface area contributed by atoms with Crippen LogP contribution in [0.4, 0.5) is 0 Å². The zero-order valence-electron chi connectivity index (χ0n) is 11.1. The Morgan fingerprint density at radius 1 is 1.24 bits per heavy atom. The molecule has 0 unspecified atom stereocenters. The molecule has 1 aliphatic rings. The Morgan fingerprint density at radius 3 is 2.35 bits per heavy atom. The van der Waals surface area contributed by atoms with Crippen LogP contribution in [0.15, 0.2) is 0 Å². The van der Waals surface area contributed by atoms with Crippen molar-refractivity contribution in [3.63, 3.8) is 0 Å². The standard InChI is InChI=1S/C13H23NO3/c1-4-17-12(15)9-10(2)11(3)13(16)14-7-5-6-8-14/h10-11H,4-9H2,1-3H3/t10-,11-/m1/s1. The summed E-state index contributed by atoms with van der Waals surface area (Å²) >= 11 is 0. The van der Waals surface area contributed by atoms with E-state index < -0.39 is 0 Å². The summed E-state index contributed by atoms with van der Waals surface area (Å²) in [5, 5.41) is 0. The van der Waals surface area contributed by atoms with E-state index in [1.54, 1.807) is 6.92 Å². The molecule has 0 bridgehead atoms. The predicted octanol–water partition coefficient (Wildman–Crippen LogP) is 1.83. The lowest BCUT2D eigenvalue weighted by molar-refractivity contribution is -0.145. The maximum absolute atomic E-state index is 12.1. The predicted molar refractivity (Wildman–Crippen MR) is 65.4 cm³/mol. The number of amides is 1. The molecule has 0 N–H and O–H groups in total. The van der Waals surface area contributed by atoms with E-state index in [4.69, 9.17) is 4.74 Å². The molecule has 1 aliphatic heterocycles. The third-order valence-electron chi connectivity index (χ3n) is 3.45. The Morgan fingerprint density at radius 2 is 1.82 bits per heavy atom. The Hall–Kier alpha value is -1.06. The Bertz CT molecular complexity index is 272. The smallest absolute Gasteiger partial charge is 0.306 e. The van der Waals surface area contributed by atoms with Crippen LogP contribution in [-0.2, 0) is 14.3 Å². The monoisotopic (exact) mass is 241 g/mol. The molecular weight excluding hydrogens is 218 g/mol. The van der Waals surface area contributed by atoms with Crippen LogP contribution in [0.2, 0.25) is 0 Å². The highest BCUT2D eigenvalue weighted by atomic mass is 16.5. The van der Waals surface area contributed by atoms with Gasteiger partial charge in [-0.2, -0.15) is 0 Å². The van der Waals surface area contributed by atoms with Crippen LogP contribution in [0.25, 0.3) is 0 Å². The highest BCUT2D eigenvalue weighted by Crippen LogP contribution is 2.20. The van der Waals surface area contributed by atoms with Crippen molar-refractivity contribution in [3.05, 3.63) is 0 Å². The average molecular weight is 241 g/mol. The van der Waals surface area contributed by atoms with E-state index in [2.05, 4.69) is 0 Å². The third kappa shape index (κ3) is 4.02. The molecule has 4 heteroatoms. The molecule has 2 atom stereocenters. The maximum Gasteiger partial charge on any atom is 0.306 e. The van der Waals surface area contributed by atoms with E-state index in [0.29, 0.717) is 13.0 Å². The normalized spacial score (nSPS) is 18.9. The van der Waals surface area contributed by atoms with Gasteiger partial charge in [0.25, 0.3) is 0 Å². The number of rotatable bonds is 5. The number of hydrogen-bond donors (Lipinski definition) is 0. The minimum absolute atomic E-state index is 0.0437. The highest BCUT2D eigenvalue weighted by molar-refractivity contribution is 5.80. The summed E-state index contributed by atoms with van der Waals surface area (Å²) in [6, 6.07) is 0. The first-order valence-electron chi connectivity index (χ1n) is 6.50. The van der Waals surface area contributed by atoms with Crippen LogP contribution in [0.1, 0.15) is 40.0 Å². The lowest BCUT2D eigenvalue weighted by Gasteiger charge is -2.24. The van der Waals surface area contributed by atoms with Crippen LogP contribution >= 0.6 is 0 Å². The first kappa shape index (κ1) is 14.0. The maximum atomic E-state index is 12.1. The fraction of sp³-hybridized carbons (Fsp3) is 0.846. The van der Waals surface area contributed by atoms with Gasteiger partial charge in [-0.15, -0.1) is 0 Å². The van der Waals surface area contributed by atoms with Gasteiger partial charge < -0.3 is 9.64 Å². The van der Waals surface area contributed by atoms with Crippen molar-refractivity contribution in [2.75, 3.05) is 19.7 Å². The van der Waals surface area contributed by atoms with Crippen molar-refractivity contribution >= 4 is 11.9 Å². The van der Waals surface area contributed by atoms with E-state index in [9.17, 15) is 9.59 Å². The summed E-state index contributed by atoms with van der Waals surface area (Å²) in [5.74, 6) is -0.0833. The average Bonchev–Trinajstić information content (AvgIpc) is 2.80. The van der Waals surface area contributed by atoms with E-state index >= 15 is 0 Å². The summed E-state index contributed by atoms with van der Waals surface area (Å²) in [7, 11) is 0. The SMILES string of the molecule is CCOC(=O)C[C@@H](C)[C@@H](C)C(=O)N1CCCC1. The molecule has 1 amide bonds. The van der Waals surface area contributed by atoms with Crippen LogP contribution in [-0.4, -0.2) is 36.5 Å². The number of nitrogens with zero attached hydrogens (tertiary/aromatic N) is 1. The molecule has 0 aromatic heterocycles. The number of carbonyl (C=O) groups excluding carboxylic acids is 2. The molecule has 0 radical (unpaired) electrons. The van der Waals surface area contributed by atoms with Gasteiger partial charge in [0.1, 0.15) is 0 Å². The van der Waals surface area contributed by atoms with Gasteiger partial charge in [-0.25, -0.2) is 0 Å². The number of likely N-dealkylation sites (tertiary alicyclic amines) is 1. The zero-order chi connectivity index (χ0) is 12.8. The van der Waals surface area contributed by atoms with Crippen LogP contribution in [0, 0.1) is 11.8 Å². The molecule has 0 aromatic rings. The largest absolute Gasteiger partial charge is 0.466 e. The number of hydrogen-bond acceptors (Lipinski definition) is 3. The molecule has 0 aliphatic carbocycles. The molecule has 1 rings (SSSR count). The van der Waals surface area contributed by atoms with Gasteiger partial charge in [0.05, 0.1) is 6.61 Å². The molecular formula is C13H23NO3. The second kappa shape index (κ2) is 6.62. The van der Waals surface area contributed by atoms with Crippen LogP contribution < -0.4 is 0 Å². The van der Waals surface area contributed by atoms with Gasteiger partial charge in [-0.3, -0.25) is 9.59 Å². The second-order valence-electron chi connectivity index (χ2n) is 4.81. The van der Waals surface area contributed by atoms with Gasteiger partial charge in [-0.05, 0) is 25.7 Å². The van der Waals surface area contributed by atoms with Crippen molar-refractivity contribution in [2.45, 2.75) is 40.0 Å². The highest BCUT2D eigenvalue weighted by Gasteiger charge is 2.28. The molecule has 98 valence electrons. The second-order valence-corrected chi connectivity index (χ2v) is 4.81. The third-order valence-corrected chi connectivity index (χ3v) is 3.45. The van der Waals surface area contributed by atoms with Crippen molar-refractivity contribution < 1.29 is 14.3 Å². The van der Waals surface area contributed by atoms with Crippen molar-refractivity contribution in [2.24, 2.45) is 11.8 Å². The van der Waals surface area contributed by atoms with Gasteiger partial charge in [0, 0.05) is 25.4 Å². The van der Waals surface area contributed by atoms with Gasteiger partial charge in [0.2, 0.25) is 5.91 Å². The topological polar surface area (TPSA) is 46.6 Å². The minimum Gasteiger partial charge on any atom is -0.466 e. The summed E-state index contributed by atoms with van der Waals surface area (Å²) < 4.78 is 4.90. The molecule has 17 heavy (non-hydrogen) atoms. The van der Waals surface area contributed by atoms with Gasteiger partial charge in [0.15, 0.2) is 0 Å². The van der Waals surface area contributed by atoms with Crippen molar-refractivity contribution in [3.8, 4) is 0 Å². The summed E-state index contributed by atoms with van der Waals surface area (Å²) in [6.45, 7) is 7.78. The summed E-state index contributed by atoms with van der Waals surface area (Å²) in [5.41, 5.74) is 0. The zero-order valence-corrected chi connectivity index (χ0v) is 11.1. The van der Waals surface area contributed by atoms with Crippen LogP contribution in [0.5, 0.6) is 0 Å². The molecule has 1 heterocycles. The molecule has 1 saturated heterocycles. The summed E-state index contributed by atoms with van der Waals surface area (Å²) in [6.07, 6.45) is 2.53. The fourth-order valence-corrected chi connectivity index (χ4v) is 2.13. The van der Waals surface area contributed by atoms with E-state index in [0.717, 1.165) is 25.9 Å². The summed E-state index contributed by atoms with van der Waals surface area (Å²) in [4.78, 5) is 25.4. The lowest BCUT2D eigenvalue weighted by Crippen LogP contribution is -2.35. The first-order valence-corrected chi connectivity index (χ1v) is 6.50. The Kier molecular flexibility index (Phi) is 5.45. The minimum atomic E-state index is -0.207. The molecule has 0 spiro atoms. The van der Waals surface area contributed by atoms with Crippen molar-refractivity contribution in [1.82, 2.24) is 4.90 Å². The van der Waals surface area contributed by atoms with E-state index in [1.165, 1.54) is 0 Å². The fourth-order valence-electron chi connectivity index (χ4n) is 2.13. The molecule has 0 saturated carbocycles. The molecule has 0 aromatic carbocycles. The van der Waals surface area contributed by atoms with E-state index in [-0.39, 0.29) is 23.7 Å². The lowest BCUT2D eigenvalue weighted by atomic mass is 9.91. The Labute approximate surface area is 103 Å². The van der Waals surface area contributed by atoms with Gasteiger partial charge in [-0.1, -0.05) is 13.8 Å². The first-order chi connectivity index (χ1) is 8.06. The van der Waals surface area contributed by atoms with Gasteiger partial charge >= 0.3 is 5.97 Å². The van der Waals surface area contributed by atoms with Crippen LogP contribution in [0.3, 0.4) is 0 Å². The molecule has 4 nitrogen and oxygen atoms in total. The van der Waals surface area contributed by atoms with Crippen molar-refractivity contribution in [1.29, 1.82) is 0 Å². The number of ether oxygens (including phenoxy) is 1. The number of carbonyl (C=O) groups is 2.